The van der Waals surface area contributed by atoms with Crippen molar-refractivity contribution in [2.24, 2.45) is 7.05 Å². The minimum absolute atomic E-state index is 0.741. The molecule has 1 aromatic heterocycles. The lowest BCUT2D eigenvalue weighted by Crippen LogP contribution is -2.45. The quantitative estimate of drug-likeness (QED) is 0.787. The molecule has 2 heterocycles. The highest BCUT2D eigenvalue weighted by atomic mass is 35.5. The summed E-state index contributed by atoms with van der Waals surface area (Å²) >= 11 is 6.02. The number of anilines is 1. The second-order valence-electron chi connectivity index (χ2n) is 4.89. The lowest BCUT2D eigenvalue weighted by Gasteiger charge is -2.32. The van der Waals surface area contributed by atoms with Crippen molar-refractivity contribution in [1.29, 1.82) is 0 Å². The smallest absolute Gasteiger partial charge is 0.206 e. The third-order valence-electron chi connectivity index (χ3n) is 3.61. The van der Waals surface area contributed by atoms with Crippen LogP contribution in [0, 0.1) is 0 Å². The maximum absolute atomic E-state index is 6.02. The number of rotatable bonds is 1. The summed E-state index contributed by atoms with van der Waals surface area (Å²) in [7, 11) is 4.23. The minimum Gasteiger partial charge on any atom is -0.340 e. The van der Waals surface area contributed by atoms with Gasteiger partial charge in [0, 0.05) is 38.2 Å². The van der Waals surface area contributed by atoms with Crippen molar-refractivity contribution in [2.45, 2.75) is 0 Å². The van der Waals surface area contributed by atoms with E-state index in [1.54, 1.807) is 0 Å². The van der Waals surface area contributed by atoms with Crippen molar-refractivity contribution < 1.29 is 0 Å². The van der Waals surface area contributed by atoms with Gasteiger partial charge in [-0.15, -0.1) is 0 Å². The average molecular weight is 265 g/mol. The van der Waals surface area contributed by atoms with Crippen LogP contribution in [0.1, 0.15) is 0 Å². The van der Waals surface area contributed by atoms with Crippen LogP contribution >= 0.6 is 11.6 Å². The van der Waals surface area contributed by atoms with Crippen LogP contribution in [0.15, 0.2) is 18.2 Å². The summed E-state index contributed by atoms with van der Waals surface area (Å²) in [6.45, 7) is 4.23. The van der Waals surface area contributed by atoms with Gasteiger partial charge in [-0.05, 0) is 25.2 Å². The molecule has 96 valence electrons. The highest BCUT2D eigenvalue weighted by molar-refractivity contribution is 6.31. The molecule has 0 N–H and O–H groups in total. The van der Waals surface area contributed by atoms with Gasteiger partial charge in [0.2, 0.25) is 5.95 Å². The van der Waals surface area contributed by atoms with Gasteiger partial charge in [-0.25, -0.2) is 4.98 Å². The molecule has 1 aromatic carbocycles. The van der Waals surface area contributed by atoms with Crippen LogP contribution in [0.5, 0.6) is 0 Å². The van der Waals surface area contributed by atoms with Crippen LogP contribution < -0.4 is 4.90 Å². The van der Waals surface area contributed by atoms with Crippen LogP contribution in [-0.4, -0.2) is 47.7 Å². The number of halogens is 1. The predicted octanol–water partition coefficient (Wildman–Crippen LogP) is 1.98. The fraction of sp³-hybridized carbons (Fsp3) is 0.462. The Labute approximate surface area is 112 Å². The number of hydrogen-bond donors (Lipinski definition) is 0. The van der Waals surface area contributed by atoms with Crippen molar-refractivity contribution in [3.8, 4) is 0 Å². The molecule has 0 bridgehead atoms. The lowest BCUT2D eigenvalue weighted by atomic mass is 10.3. The molecule has 0 spiro atoms. The number of fused-ring (bicyclic) bond motifs is 1. The largest absolute Gasteiger partial charge is 0.340 e. The number of imidazole rings is 1. The maximum atomic E-state index is 6.02. The summed E-state index contributed by atoms with van der Waals surface area (Å²) in [6, 6.07) is 5.88. The monoisotopic (exact) mass is 264 g/mol. The number of nitrogens with zero attached hydrogens (tertiary/aromatic N) is 4. The van der Waals surface area contributed by atoms with Crippen molar-refractivity contribution >= 4 is 28.6 Å². The first kappa shape index (κ1) is 11.8. The number of benzene rings is 1. The SMILES string of the molecule is CN1CCN(c2nc3cc(Cl)ccc3n2C)CC1. The van der Waals surface area contributed by atoms with Gasteiger partial charge in [0.15, 0.2) is 0 Å². The predicted molar refractivity (Wildman–Crippen MR) is 75.4 cm³/mol. The Balaban J connectivity index is 1.99. The molecule has 0 radical (unpaired) electrons. The molecule has 4 nitrogen and oxygen atoms in total. The molecule has 3 rings (SSSR count). The summed E-state index contributed by atoms with van der Waals surface area (Å²) in [6.07, 6.45) is 0. The van der Waals surface area contributed by atoms with Crippen LogP contribution in [0.3, 0.4) is 0 Å². The molecule has 0 atom stereocenters. The Kier molecular flexibility index (Phi) is 2.92. The zero-order valence-electron chi connectivity index (χ0n) is 10.7. The van der Waals surface area contributed by atoms with Gasteiger partial charge in [-0.1, -0.05) is 11.6 Å². The van der Waals surface area contributed by atoms with Crippen LogP contribution in [-0.2, 0) is 7.05 Å². The normalized spacial score (nSPS) is 17.6. The van der Waals surface area contributed by atoms with E-state index in [0.717, 1.165) is 48.2 Å². The van der Waals surface area contributed by atoms with E-state index in [1.165, 1.54) is 0 Å². The molecule has 0 aliphatic carbocycles. The number of aromatic nitrogens is 2. The molecule has 2 aromatic rings. The third-order valence-corrected chi connectivity index (χ3v) is 3.84. The molecule has 1 aliphatic heterocycles. The molecule has 5 heteroatoms. The first-order valence-electron chi connectivity index (χ1n) is 6.20. The molecule has 1 saturated heterocycles. The molecular weight excluding hydrogens is 248 g/mol. The Morgan fingerprint density at radius 2 is 1.83 bits per heavy atom. The summed E-state index contributed by atoms with van der Waals surface area (Å²) in [4.78, 5) is 9.39. The Morgan fingerprint density at radius 1 is 1.11 bits per heavy atom. The average Bonchev–Trinajstić information content (AvgIpc) is 2.67. The van der Waals surface area contributed by atoms with Gasteiger partial charge in [-0.2, -0.15) is 0 Å². The van der Waals surface area contributed by atoms with Crippen LogP contribution in [0.4, 0.5) is 5.95 Å². The lowest BCUT2D eigenvalue weighted by molar-refractivity contribution is 0.310. The zero-order chi connectivity index (χ0) is 12.7. The summed E-state index contributed by atoms with van der Waals surface area (Å²) in [5, 5.41) is 0.741. The number of likely N-dealkylation sites (N-methyl/N-ethyl adjacent to an activating group) is 1. The molecule has 0 unspecified atom stereocenters. The second kappa shape index (κ2) is 4.44. The van der Waals surface area contributed by atoms with E-state index in [-0.39, 0.29) is 0 Å². The van der Waals surface area contributed by atoms with Gasteiger partial charge in [0.1, 0.15) is 0 Å². The van der Waals surface area contributed by atoms with Crippen LogP contribution in [0.25, 0.3) is 11.0 Å². The van der Waals surface area contributed by atoms with Crippen molar-refractivity contribution in [2.75, 3.05) is 38.1 Å². The van der Waals surface area contributed by atoms with Crippen molar-refractivity contribution in [3.63, 3.8) is 0 Å². The van der Waals surface area contributed by atoms with E-state index in [9.17, 15) is 0 Å². The van der Waals surface area contributed by atoms with Crippen molar-refractivity contribution in [1.82, 2.24) is 14.5 Å². The topological polar surface area (TPSA) is 24.3 Å². The van der Waals surface area contributed by atoms with Gasteiger partial charge in [-0.3, -0.25) is 0 Å². The van der Waals surface area contributed by atoms with Gasteiger partial charge in [0.25, 0.3) is 0 Å². The summed E-state index contributed by atoms with van der Waals surface area (Å²) in [5.74, 6) is 1.04. The zero-order valence-corrected chi connectivity index (χ0v) is 11.5. The third kappa shape index (κ3) is 1.95. The molecule has 1 aliphatic rings. The van der Waals surface area contributed by atoms with E-state index >= 15 is 0 Å². The summed E-state index contributed by atoms with van der Waals surface area (Å²) < 4.78 is 2.15. The second-order valence-corrected chi connectivity index (χ2v) is 5.33. The fourth-order valence-electron chi connectivity index (χ4n) is 2.45. The standard InChI is InChI=1S/C13H17ClN4/c1-16-5-7-18(8-6-16)13-15-11-9-10(14)3-4-12(11)17(13)2/h3-4,9H,5-8H2,1-2H3. The number of piperazine rings is 1. The molecular formula is C13H17ClN4. The van der Waals surface area contributed by atoms with E-state index in [4.69, 9.17) is 16.6 Å². The number of hydrogen-bond acceptors (Lipinski definition) is 3. The molecule has 1 fully saturated rings. The Hall–Kier alpha value is -1.26. The molecule has 0 amide bonds. The number of aryl methyl sites for hydroxylation is 1. The van der Waals surface area contributed by atoms with Crippen LogP contribution in [0.2, 0.25) is 5.02 Å². The highest BCUT2D eigenvalue weighted by Crippen LogP contribution is 2.24. The van der Waals surface area contributed by atoms with E-state index in [2.05, 4.69) is 28.5 Å². The fourth-order valence-corrected chi connectivity index (χ4v) is 2.62. The Bertz CT molecular complexity index is 570. The van der Waals surface area contributed by atoms with Gasteiger partial charge >= 0.3 is 0 Å². The van der Waals surface area contributed by atoms with Crippen molar-refractivity contribution in [3.05, 3.63) is 23.2 Å². The van der Waals surface area contributed by atoms with E-state index in [1.807, 2.05) is 18.2 Å². The van der Waals surface area contributed by atoms with Gasteiger partial charge in [0.05, 0.1) is 11.0 Å². The molecule has 0 saturated carbocycles. The minimum atomic E-state index is 0.741. The Morgan fingerprint density at radius 3 is 2.56 bits per heavy atom. The molecule has 18 heavy (non-hydrogen) atoms. The van der Waals surface area contributed by atoms with Gasteiger partial charge < -0.3 is 14.4 Å². The first-order valence-corrected chi connectivity index (χ1v) is 6.58. The highest BCUT2D eigenvalue weighted by Gasteiger charge is 2.19. The summed E-state index contributed by atoms with van der Waals surface area (Å²) in [5.41, 5.74) is 2.10. The maximum Gasteiger partial charge on any atom is 0.206 e. The van der Waals surface area contributed by atoms with E-state index in [0.29, 0.717) is 0 Å². The first-order chi connectivity index (χ1) is 8.65. The van der Waals surface area contributed by atoms with E-state index < -0.39 is 0 Å².